The number of carbonyl (C=O) groups is 1. The maximum Gasteiger partial charge on any atom is 0.335 e. The molecule has 7 heteroatoms. The van der Waals surface area contributed by atoms with Crippen LogP contribution in [0.3, 0.4) is 0 Å². The molecule has 0 aliphatic heterocycles. The lowest BCUT2D eigenvalue weighted by Crippen LogP contribution is -2.10. The second-order valence-electron chi connectivity index (χ2n) is 3.06. The van der Waals surface area contributed by atoms with Gasteiger partial charge in [-0.15, -0.1) is 0 Å². The summed E-state index contributed by atoms with van der Waals surface area (Å²) in [6, 6.07) is 6.60. The average Bonchev–Trinajstić information content (AvgIpc) is 2.81. The number of hydrogen-bond donors (Lipinski definition) is 1. The summed E-state index contributed by atoms with van der Waals surface area (Å²) in [6.07, 6.45) is 0. The number of hydrogen-bond acceptors (Lipinski definition) is 6. The van der Waals surface area contributed by atoms with Crippen LogP contribution in [0.5, 0.6) is 0 Å². The van der Waals surface area contributed by atoms with Crippen LogP contribution in [0, 0.1) is 0 Å². The molecule has 0 unspecified atom stereocenters. The van der Waals surface area contributed by atoms with Crippen LogP contribution in [0.2, 0.25) is 0 Å². The zero-order valence-electron chi connectivity index (χ0n) is 8.36. The van der Waals surface area contributed by atoms with Gasteiger partial charge in [0.25, 0.3) is 0 Å². The van der Waals surface area contributed by atoms with E-state index >= 15 is 0 Å². The van der Waals surface area contributed by atoms with Gasteiger partial charge in [0.15, 0.2) is 0 Å². The summed E-state index contributed by atoms with van der Waals surface area (Å²) in [5, 5.41) is 16.8. The first-order chi connectivity index (χ1) is 7.68. The van der Waals surface area contributed by atoms with Gasteiger partial charge in [0.05, 0.1) is 5.56 Å². The molecular weight excluding hydrogens is 228 g/mol. The summed E-state index contributed by atoms with van der Waals surface area (Å²) in [4.78, 5) is 12.5. The predicted molar refractivity (Wildman–Crippen MR) is 59.2 cm³/mol. The van der Waals surface area contributed by atoms with Crippen LogP contribution in [-0.4, -0.2) is 32.9 Å². The minimum absolute atomic E-state index is 0.238. The summed E-state index contributed by atoms with van der Waals surface area (Å²) in [6.45, 7) is 0. The van der Waals surface area contributed by atoms with E-state index in [2.05, 4.69) is 14.8 Å². The Bertz CT molecular complexity index is 500. The number of aromatic nitrogens is 3. The Morgan fingerprint density at radius 3 is 2.94 bits per heavy atom. The van der Waals surface area contributed by atoms with E-state index in [1.54, 1.807) is 30.1 Å². The van der Waals surface area contributed by atoms with Crippen LogP contribution in [-0.2, 0) is 0 Å². The topological polar surface area (TPSA) is 79.2 Å². The molecule has 0 aliphatic carbocycles. The van der Waals surface area contributed by atoms with Crippen molar-refractivity contribution in [2.45, 2.75) is 0 Å². The maximum absolute atomic E-state index is 10.8. The lowest BCUT2D eigenvalue weighted by Gasteiger charge is -2.14. The first-order valence-electron chi connectivity index (χ1n) is 4.40. The molecule has 2 aromatic rings. The molecule has 0 atom stereocenters. The van der Waals surface area contributed by atoms with Gasteiger partial charge in [0.2, 0.25) is 5.13 Å². The summed E-state index contributed by atoms with van der Waals surface area (Å²) in [5.74, 6) is -0.953. The highest BCUT2D eigenvalue weighted by atomic mass is 32.1. The number of benzene rings is 1. The summed E-state index contributed by atoms with van der Waals surface area (Å²) < 4.78 is 3.65. The van der Waals surface area contributed by atoms with Crippen molar-refractivity contribution in [3.05, 3.63) is 29.8 Å². The van der Waals surface area contributed by atoms with Gasteiger partial charge in [-0.1, -0.05) is 15.7 Å². The SMILES string of the molecule is CN(c1cccc(C(=O)O)c1)c1nnns1. The second-order valence-corrected chi connectivity index (χ2v) is 3.77. The molecular formula is C9H8N4O2S. The highest BCUT2D eigenvalue weighted by Crippen LogP contribution is 2.23. The molecule has 1 N–H and O–H groups in total. The van der Waals surface area contributed by atoms with Crippen LogP contribution in [0.4, 0.5) is 10.8 Å². The fourth-order valence-electron chi connectivity index (χ4n) is 1.22. The van der Waals surface area contributed by atoms with Crippen molar-refractivity contribution >= 4 is 28.3 Å². The van der Waals surface area contributed by atoms with Gasteiger partial charge in [-0.25, -0.2) is 4.79 Å². The van der Waals surface area contributed by atoms with E-state index in [1.165, 1.54) is 6.07 Å². The Kier molecular flexibility index (Phi) is 2.78. The summed E-state index contributed by atoms with van der Waals surface area (Å²) in [7, 11) is 1.78. The van der Waals surface area contributed by atoms with Gasteiger partial charge in [0.1, 0.15) is 0 Å². The van der Waals surface area contributed by atoms with E-state index in [-0.39, 0.29) is 5.56 Å². The quantitative estimate of drug-likeness (QED) is 0.867. The standard InChI is InChI=1S/C9H8N4O2S/c1-13(9-10-11-12-16-9)7-4-2-3-6(5-7)8(14)15/h2-5H,1H3,(H,14,15). The Morgan fingerprint density at radius 1 is 1.50 bits per heavy atom. The molecule has 0 spiro atoms. The van der Waals surface area contributed by atoms with E-state index < -0.39 is 5.97 Å². The molecule has 6 nitrogen and oxygen atoms in total. The minimum atomic E-state index is -0.953. The fourth-order valence-corrected chi connectivity index (χ4v) is 1.66. The normalized spacial score (nSPS) is 10.1. The van der Waals surface area contributed by atoms with Crippen molar-refractivity contribution in [3.63, 3.8) is 0 Å². The Morgan fingerprint density at radius 2 is 2.31 bits per heavy atom. The number of carboxylic acid groups (broad SMARTS) is 1. The van der Waals surface area contributed by atoms with Crippen LogP contribution in [0.1, 0.15) is 10.4 Å². The third kappa shape index (κ3) is 1.98. The molecule has 82 valence electrons. The zero-order valence-corrected chi connectivity index (χ0v) is 9.18. The molecule has 16 heavy (non-hydrogen) atoms. The van der Waals surface area contributed by atoms with Crippen molar-refractivity contribution in [2.24, 2.45) is 0 Å². The van der Waals surface area contributed by atoms with Crippen molar-refractivity contribution in [1.29, 1.82) is 0 Å². The van der Waals surface area contributed by atoms with E-state index in [0.29, 0.717) is 5.13 Å². The molecule has 0 saturated heterocycles. The van der Waals surface area contributed by atoms with E-state index in [0.717, 1.165) is 17.2 Å². The lowest BCUT2D eigenvalue weighted by molar-refractivity contribution is 0.0697. The molecule has 0 amide bonds. The Balaban J connectivity index is 2.34. The maximum atomic E-state index is 10.8. The summed E-state index contributed by atoms with van der Waals surface area (Å²) in [5.41, 5.74) is 0.972. The van der Waals surface area contributed by atoms with Crippen LogP contribution in [0.25, 0.3) is 0 Å². The molecule has 0 radical (unpaired) electrons. The van der Waals surface area contributed by atoms with Crippen molar-refractivity contribution < 1.29 is 9.90 Å². The monoisotopic (exact) mass is 236 g/mol. The first kappa shape index (κ1) is 10.5. The summed E-state index contributed by atoms with van der Waals surface area (Å²) >= 11 is 1.15. The van der Waals surface area contributed by atoms with E-state index in [9.17, 15) is 4.79 Å². The molecule has 0 aliphatic rings. The number of anilines is 2. The van der Waals surface area contributed by atoms with Gasteiger partial charge >= 0.3 is 5.97 Å². The van der Waals surface area contributed by atoms with Crippen LogP contribution < -0.4 is 4.90 Å². The van der Waals surface area contributed by atoms with Crippen molar-refractivity contribution in [1.82, 2.24) is 14.8 Å². The van der Waals surface area contributed by atoms with Gasteiger partial charge < -0.3 is 10.0 Å². The van der Waals surface area contributed by atoms with Gasteiger partial charge in [-0.2, -0.15) is 0 Å². The van der Waals surface area contributed by atoms with Crippen LogP contribution in [0.15, 0.2) is 24.3 Å². The number of nitrogens with zero attached hydrogens (tertiary/aromatic N) is 4. The van der Waals surface area contributed by atoms with E-state index in [1.807, 2.05) is 0 Å². The Hall–Kier alpha value is -2.02. The van der Waals surface area contributed by atoms with Gasteiger partial charge in [-0.05, 0) is 23.4 Å². The van der Waals surface area contributed by atoms with Gasteiger partial charge in [-0.3, -0.25) is 0 Å². The smallest absolute Gasteiger partial charge is 0.335 e. The minimum Gasteiger partial charge on any atom is -0.478 e. The molecule has 0 saturated carbocycles. The average molecular weight is 236 g/mol. The number of rotatable bonds is 3. The lowest BCUT2D eigenvalue weighted by atomic mass is 10.2. The van der Waals surface area contributed by atoms with Gasteiger partial charge in [0, 0.05) is 24.3 Å². The molecule has 1 heterocycles. The molecule has 0 bridgehead atoms. The van der Waals surface area contributed by atoms with Crippen molar-refractivity contribution in [3.8, 4) is 0 Å². The third-order valence-electron chi connectivity index (χ3n) is 2.06. The molecule has 1 aromatic heterocycles. The Labute approximate surface area is 95.3 Å². The highest BCUT2D eigenvalue weighted by molar-refractivity contribution is 7.09. The molecule has 0 fully saturated rings. The highest BCUT2D eigenvalue weighted by Gasteiger charge is 2.10. The fraction of sp³-hybridized carbons (Fsp3) is 0.111. The second kappa shape index (κ2) is 4.23. The number of aromatic carboxylic acids is 1. The molecule has 1 aromatic carbocycles. The number of carboxylic acids is 1. The van der Waals surface area contributed by atoms with Crippen molar-refractivity contribution in [2.75, 3.05) is 11.9 Å². The molecule has 2 rings (SSSR count). The van der Waals surface area contributed by atoms with Crippen LogP contribution >= 0.6 is 11.5 Å². The zero-order chi connectivity index (χ0) is 11.5. The predicted octanol–water partition coefficient (Wildman–Crippen LogP) is 1.40. The largest absolute Gasteiger partial charge is 0.478 e. The van der Waals surface area contributed by atoms with E-state index in [4.69, 9.17) is 5.11 Å². The first-order valence-corrected chi connectivity index (χ1v) is 5.18. The third-order valence-corrected chi connectivity index (χ3v) is 2.73.